The molecule has 0 amide bonds. The Morgan fingerprint density at radius 2 is 2.00 bits per heavy atom. The van der Waals surface area contributed by atoms with Crippen molar-refractivity contribution in [3.63, 3.8) is 0 Å². The monoisotopic (exact) mass is 95.1 g/mol. The van der Waals surface area contributed by atoms with Gasteiger partial charge in [-0.05, 0) is 43.9 Å². The molecule has 0 unspecified atom stereocenters. The van der Waals surface area contributed by atoms with Crippen molar-refractivity contribution in [2.24, 2.45) is 5.41 Å². The van der Waals surface area contributed by atoms with E-state index >= 15 is 0 Å². The average molecular weight is 95.2 g/mol. The lowest BCUT2D eigenvalue weighted by Gasteiger charge is -1.97. The zero-order valence-electron chi connectivity index (χ0n) is 4.61. The number of hydrogen-bond acceptors (Lipinski definition) is 0. The molecule has 7 heavy (non-hydrogen) atoms. The third kappa shape index (κ3) is 0.490. The average Bonchev–Trinajstić information content (AvgIpc) is 2.15. The van der Waals surface area contributed by atoms with Gasteiger partial charge in [-0.2, -0.15) is 0 Å². The largest absolute Gasteiger partial charge is 0.0496 e. The van der Waals surface area contributed by atoms with Gasteiger partial charge in [-0.3, -0.25) is 0 Å². The fraction of sp³-hybridized carbons (Fsp3) is 0.857. The van der Waals surface area contributed by atoms with E-state index in [1.807, 2.05) is 0 Å². The Kier molecular flexibility index (Phi) is 0.586. The van der Waals surface area contributed by atoms with Gasteiger partial charge < -0.3 is 0 Å². The predicted octanol–water partition coefficient (Wildman–Crippen LogP) is 2.15. The van der Waals surface area contributed by atoms with Gasteiger partial charge in [-0.1, -0.05) is 0 Å². The molecule has 0 saturated heterocycles. The molecule has 1 radical (unpaired) electrons. The molecule has 0 bridgehead atoms. The van der Waals surface area contributed by atoms with Crippen LogP contribution in [0.4, 0.5) is 0 Å². The third-order valence-electron chi connectivity index (χ3n) is 2.41. The van der Waals surface area contributed by atoms with Crippen LogP contribution >= 0.6 is 0 Å². The number of rotatable bonds is 0. The Morgan fingerprint density at radius 1 is 1.14 bits per heavy atom. The summed E-state index contributed by atoms with van der Waals surface area (Å²) in [6, 6.07) is 0. The quantitative estimate of drug-likeness (QED) is 0.432. The van der Waals surface area contributed by atoms with Gasteiger partial charge in [0.25, 0.3) is 0 Å². The van der Waals surface area contributed by atoms with Crippen molar-refractivity contribution < 1.29 is 0 Å². The van der Waals surface area contributed by atoms with Gasteiger partial charge in [0.15, 0.2) is 0 Å². The Bertz CT molecular complexity index is 72.0. The summed E-state index contributed by atoms with van der Waals surface area (Å²) in [4.78, 5) is 0. The molecule has 0 heterocycles. The Labute approximate surface area is 44.9 Å². The summed E-state index contributed by atoms with van der Waals surface area (Å²) in [5.41, 5.74) is 0.889. The molecule has 2 saturated carbocycles. The zero-order chi connectivity index (χ0) is 4.74. The van der Waals surface area contributed by atoms with Gasteiger partial charge in [0.2, 0.25) is 0 Å². The summed E-state index contributed by atoms with van der Waals surface area (Å²) in [7, 11) is 0. The molecule has 0 nitrogen and oxygen atoms in total. The lowest BCUT2D eigenvalue weighted by Crippen LogP contribution is -1.86. The second kappa shape index (κ2) is 1.04. The number of hydrogen-bond donors (Lipinski definition) is 0. The molecule has 0 aliphatic heterocycles. The SMILES string of the molecule is [CH]1CCC2(C1)CC2. The fourth-order valence-corrected chi connectivity index (χ4v) is 1.55. The Hall–Kier alpha value is 0. The lowest BCUT2D eigenvalue weighted by atomic mass is 10.1. The second-order valence-electron chi connectivity index (χ2n) is 3.03. The molecule has 1 spiro atoms. The van der Waals surface area contributed by atoms with E-state index in [4.69, 9.17) is 0 Å². The van der Waals surface area contributed by atoms with Crippen LogP contribution in [0.1, 0.15) is 32.1 Å². The summed E-state index contributed by atoms with van der Waals surface area (Å²) >= 11 is 0. The highest BCUT2D eigenvalue weighted by Crippen LogP contribution is 2.57. The van der Waals surface area contributed by atoms with Crippen molar-refractivity contribution in [2.75, 3.05) is 0 Å². The Balaban J connectivity index is 2.07. The molecule has 0 aromatic heterocycles. The van der Waals surface area contributed by atoms with Crippen LogP contribution in [0, 0.1) is 11.8 Å². The molecule has 0 aromatic carbocycles. The topological polar surface area (TPSA) is 0 Å². The highest BCUT2D eigenvalue weighted by Gasteiger charge is 2.44. The molecule has 2 aliphatic carbocycles. The first-order valence-corrected chi connectivity index (χ1v) is 3.23. The van der Waals surface area contributed by atoms with Crippen LogP contribution in [0.3, 0.4) is 0 Å². The van der Waals surface area contributed by atoms with E-state index in [0.717, 1.165) is 5.41 Å². The van der Waals surface area contributed by atoms with Gasteiger partial charge in [0.1, 0.15) is 0 Å². The van der Waals surface area contributed by atoms with Crippen molar-refractivity contribution in [2.45, 2.75) is 32.1 Å². The summed E-state index contributed by atoms with van der Waals surface area (Å²) in [5, 5.41) is 0. The standard InChI is InChI=1S/C7H11/c1-2-4-7(3-1)5-6-7/h1H,2-6H2. The van der Waals surface area contributed by atoms with E-state index in [1.54, 1.807) is 0 Å². The summed E-state index contributed by atoms with van der Waals surface area (Å²) < 4.78 is 0. The van der Waals surface area contributed by atoms with Crippen molar-refractivity contribution in [1.82, 2.24) is 0 Å². The van der Waals surface area contributed by atoms with Crippen LogP contribution < -0.4 is 0 Å². The van der Waals surface area contributed by atoms with E-state index in [-0.39, 0.29) is 0 Å². The first-order chi connectivity index (χ1) is 3.41. The Morgan fingerprint density at radius 3 is 2.29 bits per heavy atom. The maximum Gasteiger partial charge on any atom is -0.0294 e. The molecule has 2 aliphatic rings. The van der Waals surface area contributed by atoms with Gasteiger partial charge >= 0.3 is 0 Å². The second-order valence-corrected chi connectivity index (χ2v) is 3.03. The van der Waals surface area contributed by atoms with Gasteiger partial charge in [0.05, 0.1) is 0 Å². The van der Waals surface area contributed by atoms with Crippen molar-refractivity contribution in [1.29, 1.82) is 0 Å². The highest BCUT2D eigenvalue weighted by molar-refractivity contribution is 5.02. The van der Waals surface area contributed by atoms with E-state index < -0.39 is 0 Å². The molecule has 2 fully saturated rings. The van der Waals surface area contributed by atoms with Crippen LogP contribution in [0.2, 0.25) is 0 Å². The van der Waals surface area contributed by atoms with E-state index in [0.29, 0.717) is 0 Å². The minimum absolute atomic E-state index is 0.889. The maximum absolute atomic E-state index is 2.45. The lowest BCUT2D eigenvalue weighted by molar-refractivity contribution is 0.543. The molecule has 2 rings (SSSR count). The predicted molar refractivity (Wildman–Crippen MR) is 29.8 cm³/mol. The third-order valence-corrected chi connectivity index (χ3v) is 2.41. The molecule has 0 heteroatoms. The molecule has 39 valence electrons. The van der Waals surface area contributed by atoms with Crippen LogP contribution in [0.15, 0.2) is 0 Å². The minimum atomic E-state index is 0.889. The normalized spacial score (nSPS) is 34.3. The molecular weight excluding hydrogens is 84.1 g/mol. The molecule has 0 aromatic rings. The van der Waals surface area contributed by atoms with E-state index in [2.05, 4.69) is 6.42 Å². The molecule has 0 atom stereocenters. The molecular formula is C7H11. The fourth-order valence-electron chi connectivity index (χ4n) is 1.55. The van der Waals surface area contributed by atoms with Crippen LogP contribution in [0.5, 0.6) is 0 Å². The smallest absolute Gasteiger partial charge is 0.0294 e. The van der Waals surface area contributed by atoms with Crippen LogP contribution in [-0.2, 0) is 0 Å². The van der Waals surface area contributed by atoms with Crippen molar-refractivity contribution >= 4 is 0 Å². The van der Waals surface area contributed by atoms with Crippen molar-refractivity contribution in [3.8, 4) is 0 Å². The summed E-state index contributed by atoms with van der Waals surface area (Å²) in [6.45, 7) is 0. The highest BCUT2D eigenvalue weighted by atomic mass is 14.5. The van der Waals surface area contributed by atoms with Crippen LogP contribution in [-0.4, -0.2) is 0 Å². The van der Waals surface area contributed by atoms with Crippen molar-refractivity contribution in [3.05, 3.63) is 6.42 Å². The van der Waals surface area contributed by atoms with E-state index in [9.17, 15) is 0 Å². The zero-order valence-corrected chi connectivity index (χ0v) is 4.61. The molecule has 0 N–H and O–H groups in total. The first-order valence-electron chi connectivity index (χ1n) is 3.23. The van der Waals surface area contributed by atoms with Gasteiger partial charge in [0, 0.05) is 0 Å². The minimum Gasteiger partial charge on any atom is -0.0496 e. The summed E-state index contributed by atoms with van der Waals surface area (Å²) in [6.07, 6.45) is 9.86. The first kappa shape index (κ1) is 3.94. The van der Waals surface area contributed by atoms with Crippen LogP contribution in [0.25, 0.3) is 0 Å². The summed E-state index contributed by atoms with van der Waals surface area (Å²) in [5.74, 6) is 0. The van der Waals surface area contributed by atoms with Gasteiger partial charge in [-0.25, -0.2) is 0 Å². The maximum atomic E-state index is 2.45. The van der Waals surface area contributed by atoms with E-state index in [1.165, 1.54) is 32.1 Å². The van der Waals surface area contributed by atoms with Gasteiger partial charge in [-0.15, -0.1) is 0 Å².